The summed E-state index contributed by atoms with van der Waals surface area (Å²) >= 11 is 0. The highest BCUT2D eigenvalue weighted by Gasteiger charge is 2.46. The Kier molecular flexibility index (Phi) is 7.69. The molecule has 1 aliphatic carbocycles. The van der Waals surface area contributed by atoms with Crippen LogP contribution in [0.15, 0.2) is 30.9 Å². The highest BCUT2D eigenvalue weighted by atomic mass is 16.6. The highest BCUT2D eigenvalue weighted by molar-refractivity contribution is 5.81. The minimum atomic E-state index is -1.12. The second kappa shape index (κ2) is 11.2. The first-order valence-corrected chi connectivity index (χ1v) is 14.9. The zero-order valence-electron chi connectivity index (χ0n) is 24.7. The molecular formula is C30H42N8O4. The van der Waals surface area contributed by atoms with Crippen molar-refractivity contribution in [3.8, 4) is 0 Å². The summed E-state index contributed by atoms with van der Waals surface area (Å²) in [4.78, 5) is 23.2. The highest BCUT2D eigenvalue weighted by Crippen LogP contribution is 2.38. The van der Waals surface area contributed by atoms with Crippen LogP contribution < -0.4 is 5.73 Å². The molecule has 12 nitrogen and oxygen atoms in total. The summed E-state index contributed by atoms with van der Waals surface area (Å²) in [6.45, 7) is 9.00. The lowest BCUT2D eigenvalue weighted by Crippen LogP contribution is -2.52. The number of aliphatic hydroxyl groups is 3. The van der Waals surface area contributed by atoms with E-state index in [-0.39, 0.29) is 23.9 Å². The average molecular weight is 579 g/mol. The summed E-state index contributed by atoms with van der Waals surface area (Å²) in [7, 11) is 0. The fourth-order valence-corrected chi connectivity index (χ4v) is 6.40. The number of imidazole rings is 2. The standard InChI is InChI=1S/C30H42N8O4/c1-16(2)37(12-22-25(40)26(41)29(42-22)38-15-34-24-27(31)32-14-33-28(24)38)19-9-17(10-19)5-8-23-35-20-7-6-18(11-21(20)36-23)30(3,4)13-39/h6-7,11,14-17,19,22,25-26,29,39-41H,5,8-10,12-13H2,1-4H3,(H,35,36)(H2,31,32,33). The van der Waals surface area contributed by atoms with Crippen molar-refractivity contribution in [3.05, 3.63) is 42.2 Å². The first-order chi connectivity index (χ1) is 20.1. The monoisotopic (exact) mass is 578 g/mol. The summed E-state index contributed by atoms with van der Waals surface area (Å²) in [5.41, 5.74) is 9.58. The quantitative estimate of drug-likeness (QED) is 0.188. The molecule has 2 aliphatic rings. The number of hydrogen-bond donors (Lipinski definition) is 5. The molecule has 1 saturated carbocycles. The first-order valence-electron chi connectivity index (χ1n) is 14.9. The van der Waals surface area contributed by atoms with Crippen molar-refractivity contribution in [2.75, 3.05) is 18.9 Å². The third kappa shape index (κ3) is 5.26. The van der Waals surface area contributed by atoms with E-state index >= 15 is 0 Å². The van der Waals surface area contributed by atoms with Gasteiger partial charge in [0, 0.05) is 30.5 Å². The maximum absolute atomic E-state index is 10.9. The van der Waals surface area contributed by atoms with E-state index < -0.39 is 24.5 Å². The number of aromatic amines is 1. The van der Waals surface area contributed by atoms with Gasteiger partial charge in [-0.2, -0.15) is 0 Å². The van der Waals surface area contributed by atoms with Crippen molar-refractivity contribution in [2.45, 2.75) is 95.4 Å². The van der Waals surface area contributed by atoms with E-state index in [1.54, 1.807) is 4.57 Å². The summed E-state index contributed by atoms with van der Waals surface area (Å²) in [6.07, 6.45) is 3.42. The number of nitrogens with zero attached hydrogens (tertiary/aromatic N) is 6. The fraction of sp³-hybridized carbons (Fsp3) is 0.600. The molecule has 226 valence electrons. The summed E-state index contributed by atoms with van der Waals surface area (Å²) in [5.74, 6) is 1.85. The Labute approximate surface area is 245 Å². The van der Waals surface area contributed by atoms with Gasteiger partial charge in [-0.25, -0.2) is 19.9 Å². The van der Waals surface area contributed by atoms with E-state index in [2.05, 4.69) is 44.7 Å². The minimum Gasteiger partial charge on any atom is -0.395 e. The van der Waals surface area contributed by atoms with Gasteiger partial charge in [-0.05, 0) is 56.7 Å². The summed E-state index contributed by atoms with van der Waals surface area (Å²) in [5, 5.41) is 31.6. The van der Waals surface area contributed by atoms with Crippen LogP contribution in [-0.4, -0.2) is 93.3 Å². The number of nitrogens with two attached hydrogens (primary N) is 1. The SMILES string of the molecule is CC(C)N(CC1OC(n2cnc3c(N)ncnc32)C(O)C1O)C1CC(CCc2nc3ccc(C(C)(C)CO)cc3[nH]2)C1. The van der Waals surface area contributed by atoms with Gasteiger partial charge in [0.2, 0.25) is 0 Å². The van der Waals surface area contributed by atoms with Crippen molar-refractivity contribution in [1.82, 2.24) is 34.4 Å². The van der Waals surface area contributed by atoms with E-state index in [0.29, 0.717) is 29.7 Å². The molecule has 1 aromatic carbocycles. The van der Waals surface area contributed by atoms with Crippen LogP contribution in [0.2, 0.25) is 0 Å². The number of nitrogen functional groups attached to an aromatic ring is 1. The van der Waals surface area contributed by atoms with Gasteiger partial charge < -0.3 is 30.8 Å². The molecule has 0 amide bonds. The predicted molar refractivity (Wildman–Crippen MR) is 159 cm³/mol. The number of aliphatic hydroxyl groups excluding tert-OH is 3. The number of H-pyrrole nitrogens is 1. The van der Waals surface area contributed by atoms with Crippen LogP contribution in [0.5, 0.6) is 0 Å². The lowest BCUT2D eigenvalue weighted by molar-refractivity contribution is -0.0620. The van der Waals surface area contributed by atoms with Crippen molar-refractivity contribution < 1.29 is 20.1 Å². The van der Waals surface area contributed by atoms with Crippen LogP contribution in [0.1, 0.15) is 64.6 Å². The second-order valence-corrected chi connectivity index (χ2v) is 12.9. The molecule has 6 N–H and O–H groups in total. The molecule has 4 atom stereocenters. The van der Waals surface area contributed by atoms with E-state index in [9.17, 15) is 15.3 Å². The maximum atomic E-state index is 10.9. The van der Waals surface area contributed by atoms with Gasteiger partial charge in [-0.15, -0.1) is 0 Å². The van der Waals surface area contributed by atoms with E-state index in [1.165, 1.54) is 12.7 Å². The smallest absolute Gasteiger partial charge is 0.167 e. The van der Waals surface area contributed by atoms with Gasteiger partial charge in [-0.3, -0.25) is 9.47 Å². The molecule has 4 heterocycles. The van der Waals surface area contributed by atoms with Crippen LogP contribution in [0.4, 0.5) is 5.82 Å². The zero-order valence-corrected chi connectivity index (χ0v) is 24.7. The van der Waals surface area contributed by atoms with E-state index in [0.717, 1.165) is 48.1 Å². The molecule has 4 unspecified atom stereocenters. The third-order valence-electron chi connectivity index (χ3n) is 9.23. The lowest BCUT2D eigenvalue weighted by Gasteiger charge is -2.46. The van der Waals surface area contributed by atoms with Crippen molar-refractivity contribution in [3.63, 3.8) is 0 Å². The minimum absolute atomic E-state index is 0.0927. The number of benzene rings is 1. The molecule has 0 spiro atoms. The molecule has 0 bridgehead atoms. The fourth-order valence-electron chi connectivity index (χ4n) is 6.40. The number of anilines is 1. The van der Waals surface area contributed by atoms with Gasteiger partial charge >= 0.3 is 0 Å². The molecule has 6 rings (SSSR count). The number of ether oxygens (including phenoxy) is 1. The molecule has 42 heavy (non-hydrogen) atoms. The number of aryl methyl sites for hydroxylation is 1. The average Bonchev–Trinajstić information content (AvgIpc) is 3.63. The molecule has 1 saturated heterocycles. The van der Waals surface area contributed by atoms with Gasteiger partial charge in [0.1, 0.15) is 36.0 Å². The van der Waals surface area contributed by atoms with Gasteiger partial charge in [-0.1, -0.05) is 19.9 Å². The van der Waals surface area contributed by atoms with Crippen LogP contribution >= 0.6 is 0 Å². The lowest BCUT2D eigenvalue weighted by atomic mass is 9.76. The molecule has 2 fully saturated rings. The van der Waals surface area contributed by atoms with Crippen LogP contribution in [0.25, 0.3) is 22.2 Å². The predicted octanol–water partition coefficient (Wildman–Crippen LogP) is 2.30. The van der Waals surface area contributed by atoms with Crippen molar-refractivity contribution in [2.24, 2.45) is 5.92 Å². The normalized spacial score (nSPS) is 26.6. The topological polar surface area (TPSA) is 171 Å². The number of rotatable bonds is 10. The largest absolute Gasteiger partial charge is 0.395 e. The third-order valence-corrected chi connectivity index (χ3v) is 9.23. The Bertz CT molecular complexity index is 1540. The van der Waals surface area contributed by atoms with Gasteiger partial charge in [0.05, 0.1) is 24.0 Å². The maximum Gasteiger partial charge on any atom is 0.167 e. The Hall–Kier alpha value is -3.16. The molecule has 12 heteroatoms. The van der Waals surface area contributed by atoms with Crippen LogP contribution in [-0.2, 0) is 16.6 Å². The van der Waals surface area contributed by atoms with Gasteiger partial charge in [0.25, 0.3) is 0 Å². The Morgan fingerprint density at radius 3 is 2.69 bits per heavy atom. The zero-order chi connectivity index (χ0) is 29.8. The number of fused-ring (bicyclic) bond motifs is 2. The Morgan fingerprint density at radius 2 is 1.95 bits per heavy atom. The van der Waals surface area contributed by atoms with Crippen molar-refractivity contribution >= 4 is 28.0 Å². The number of hydrogen-bond acceptors (Lipinski definition) is 10. The molecule has 3 aromatic heterocycles. The Balaban J connectivity index is 1.05. The summed E-state index contributed by atoms with van der Waals surface area (Å²) in [6, 6.07) is 6.83. The van der Waals surface area contributed by atoms with Crippen molar-refractivity contribution in [1.29, 1.82) is 0 Å². The molecule has 4 aromatic rings. The number of aromatic nitrogens is 6. The first kappa shape index (κ1) is 28.9. The van der Waals surface area contributed by atoms with Crippen LogP contribution in [0, 0.1) is 5.92 Å². The van der Waals surface area contributed by atoms with Crippen LogP contribution in [0.3, 0.4) is 0 Å². The summed E-state index contributed by atoms with van der Waals surface area (Å²) < 4.78 is 7.85. The Morgan fingerprint density at radius 1 is 1.17 bits per heavy atom. The molecular weight excluding hydrogens is 536 g/mol. The van der Waals surface area contributed by atoms with Gasteiger partial charge in [0.15, 0.2) is 17.7 Å². The second-order valence-electron chi connectivity index (χ2n) is 12.9. The molecule has 0 radical (unpaired) electrons. The van der Waals surface area contributed by atoms with E-state index in [4.69, 9.17) is 15.5 Å². The number of nitrogens with one attached hydrogen (secondary N) is 1. The molecule has 1 aliphatic heterocycles. The van der Waals surface area contributed by atoms with E-state index in [1.807, 2.05) is 26.0 Å².